The van der Waals surface area contributed by atoms with E-state index in [2.05, 4.69) is 52.4 Å². The zero-order chi connectivity index (χ0) is 36.2. The number of hydrogen-bond acceptors (Lipinski definition) is 2. The predicted octanol–water partition coefficient (Wildman–Crippen LogP) is 9.38. The molecule has 4 aromatic carbocycles. The average molecular weight is 827 g/mol. The van der Waals surface area contributed by atoms with Crippen molar-refractivity contribution in [3.05, 3.63) is 248 Å². The summed E-state index contributed by atoms with van der Waals surface area (Å²) in [5, 5.41) is 3.41. The first-order chi connectivity index (χ1) is 25.5. The second-order valence-electron chi connectivity index (χ2n) is 12.7. The average Bonchev–Trinajstić information content (AvgIpc) is 4.07. The maximum atomic E-state index is 15.2. The second kappa shape index (κ2) is 22.4. The van der Waals surface area contributed by atoms with E-state index in [-0.39, 0.29) is 45.5 Å². The molecule has 0 N–H and O–H groups in total. The van der Waals surface area contributed by atoms with Crippen LogP contribution in [-0.4, -0.2) is 11.3 Å². The predicted molar refractivity (Wildman–Crippen MR) is 220 cm³/mol. The van der Waals surface area contributed by atoms with Crippen LogP contribution in [0.4, 0.5) is 0 Å². The quantitative estimate of drug-likeness (QED) is 0.125. The van der Waals surface area contributed by atoms with Gasteiger partial charge in [0.25, 0.3) is 0 Å². The van der Waals surface area contributed by atoms with Gasteiger partial charge in [0.2, 0.25) is 0 Å². The molecule has 20 radical (unpaired) electrons. The SMILES string of the molecule is C[C@H]([C]1[CH][CH][CH][C]1[C]1[CH][CH][CH][C]1[C@@H](C)P(=O)(c1ccccc1)c1ccccc1)P(=O)(c1ccccc1)c1ccccc1.[CH]1[CH][CH][CH][CH]1.[CH]1[CH][CH][CH][CH]1.[Fe].[Fe]. The fourth-order valence-corrected chi connectivity index (χ4v) is 13.0. The molecule has 4 saturated carbocycles. The Hall–Kier alpha value is -1.62. The molecule has 4 fully saturated rings. The van der Waals surface area contributed by atoms with Crippen molar-refractivity contribution < 1.29 is 43.3 Å². The minimum absolute atomic E-state index is 0. The molecule has 0 bridgehead atoms. The molecule has 8 rings (SSSR count). The molecule has 0 aliphatic heterocycles. The van der Waals surface area contributed by atoms with Gasteiger partial charge < -0.3 is 9.13 Å². The molecule has 54 heavy (non-hydrogen) atoms. The van der Waals surface area contributed by atoms with E-state index in [9.17, 15) is 0 Å². The minimum atomic E-state index is -3.05. The Bertz CT molecular complexity index is 1480. The fourth-order valence-electron chi connectivity index (χ4n) is 6.91. The Morgan fingerprint density at radius 3 is 0.778 bits per heavy atom. The van der Waals surface area contributed by atoms with Crippen molar-refractivity contribution in [1.29, 1.82) is 0 Å². The fraction of sp³-hybridized carbons (Fsp3) is 0.0833. The number of rotatable bonds is 9. The summed E-state index contributed by atoms with van der Waals surface area (Å²) in [5.41, 5.74) is -0.527. The van der Waals surface area contributed by atoms with Crippen molar-refractivity contribution >= 4 is 35.5 Å². The van der Waals surface area contributed by atoms with Gasteiger partial charge >= 0.3 is 0 Å². The van der Waals surface area contributed by atoms with Crippen LogP contribution in [0.5, 0.6) is 0 Å². The summed E-state index contributed by atoms with van der Waals surface area (Å²) < 4.78 is 30.5. The van der Waals surface area contributed by atoms with Crippen LogP contribution in [0.25, 0.3) is 0 Å². The van der Waals surface area contributed by atoms with Gasteiger partial charge in [0.15, 0.2) is 0 Å². The van der Waals surface area contributed by atoms with Gasteiger partial charge in [-0.3, -0.25) is 0 Å². The first-order valence-corrected chi connectivity index (χ1v) is 21.3. The van der Waals surface area contributed by atoms with Gasteiger partial charge in [-0.1, -0.05) is 135 Å². The maximum Gasteiger partial charge on any atom is 0.146 e. The molecule has 2 atom stereocenters. The van der Waals surface area contributed by atoms with E-state index in [1.165, 1.54) is 0 Å². The Kier molecular flexibility index (Phi) is 18.7. The molecule has 0 heterocycles. The van der Waals surface area contributed by atoms with Crippen LogP contribution in [0.3, 0.4) is 0 Å². The summed E-state index contributed by atoms with van der Waals surface area (Å²) >= 11 is 0. The largest absolute Gasteiger partial charge is 0.313 e. The van der Waals surface area contributed by atoms with Crippen LogP contribution in [-0.2, 0) is 43.3 Å². The van der Waals surface area contributed by atoms with E-state index in [0.717, 1.165) is 44.9 Å². The Morgan fingerprint density at radius 2 is 0.556 bits per heavy atom. The van der Waals surface area contributed by atoms with Gasteiger partial charge in [-0.15, -0.1) is 0 Å². The normalized spacial score (nSPS) is 19.4. The van der Waals surface area contributed by atoms with Gasteiger partial charge in [0.1, 0.15) is 14.3 Å². The number of hydrogen-bond donors (Lipinski definition) is 0. The van der Waals surface area contributed by atoms with E-state index in [0.29, 0.717) is 0 Å². The van der Waals surface area contributed by atoms with E-state index in [1.54, 1.807) is 0 Å². The molecule has 0 spiro atoms. The molecule has 4 aromatic rings. The molecular weight excluding hydrogens is 782 g/mol. The molecule has 4 aliphatic carbocycles. The molecule has 274 valence electrons. The molecule has 0 saturated heterocycles. The molecular formula is C48H44Fe2O2P2. The minimum Gasteiger partial charge on any atom is -0.313 e. The standard InChI is InChI=1S/C38H34O2P2.2C5H5.2Fe/c1-29(41(39,31-17-7-3-8-18-31)32-19-9-4-10-20-32)35-25-15-27-37(35)38-28-16-26-36(38)30(2)42(40,33-21-11-5-12-22-33)34-23-13-6-14-24-34;2*1-2-4-5-3-1;;/h3-30H,1-2H3;2*1-5H;;/t29-,30-;;;;/m1..../s1. The second-order valence-corrected chi connectivity index (χ2v) is 19.0. The summed E-state index contributed by atoms with van der Waals surface area (Å²) in [6.45, 7) is 4.18. The van der Waals surface area contributed by atoms with Gasteiger partial charge in [0, 0.05) is 66.7 Å². The molecule has 2 nitrogen and oxygen atoms in total. The Labute approximate surface area is 349 Å². The third kappa shape index (κ3) is 10.5. The van der Waals surface area contributed by atoms with E-state index in [4.69, 9.17) is 0 Å². The molecule has 0 aromatic heterocycles. The third-order valence-electron chi connectivity index (χ3n) is 9.65. The summed E-state index contributed by atoms with van der Waals surface area (Å²) in [4.78, 5) is 0. The Balaban J connectivity index is 0.000000470. The van der Waals surface area contributed by atoms with Crippen molar-refractivity contribution in [2.24, 2.45) is 0 Å². The smallest absolute Gasteiger partial charge is 0.146 e. The van der Waals surface area contributed by atoms with Crippen LogP contribution < -0.4 is 21.2 Å². The van der Waals surface area contributed by atoms with Crippen molar-refractivity contribution in [2.45, 2.75) is 25.2 Å². The van der Waals surface area contributed by atoms with Crippen molar-refractivity contribution in [2.75, 3.05) is 0 Å². The summed E-state index contributed by atoms with van der Waals surface area (Å²) in [7, 11) is -6.11. The van der Waals surface area contributed by atoms with Crippen LogP contribution in [0.2, 0.25) is 0 Å². The van der Waals surface area contributed by atoms with Crippen molar-refractivity contribution in [1.82, 2.24) is 0 Å². The van der Waals surface area contributed by atoms with E-state index < -0.39 is 14.3 Å². The Morgan fingerprint density at radius 1 is 0.333 bits per heavy atom. The molecule has 6 heteroatoms. The van der Waals surface area contributed by atoms with Crippen molar-refractivity contribution in [3.8, 4) is 0 Å². The summed E-state index contributed by atoms with van der Waals surface area (Å²) in [6.07, 6.45) is 32.6. The van der Waals surface area contributed by atoms with E-state index in [1.807, 2.05) is 186 Å². The van der Waals surface area contributed by atoms with Gasteiger partial charge in [-0.25, -0.2) is 0 Å². The molecule has 0 unspecified atom stereocenters. The van der Waals surface area contributed by atoms with Crippen LogP contribution in [0.15, 0.2) is 121 Å². The number of benzene rings is 4. The first-order valence-electron chi connectivity index (χ1n) is 17.7. The van der Waals surface area contributed by atoms with Crippen LogP contribution in [0, 0.1) is 126 Å². The third-order valence-corrected chi connectivity index (χ3v) is 16.6. The molecule has 4 aliphatic rings. The topological polar surface area (TPSA) is 34.1 Å². The summed E-state index contributed by atoms with van der Waals surface area (Å²) in [5.74, 6) is 4.18. The van der Waals surface area contributed by atoms with E-state index >= 15 is 9.13 Å². The van der Waals surface area contributed by atoms with Gasteiger partial charge in [-0.2, -0.15) is 0 Å². The zero-order valence-corrected chi connectivity index (χ0v) is 34.4. The van der Waals surface area contributed by atoms with Gasteiger partial charge in [-0.05, 0) is 126 Å². The van der Waals surface area contributed by atoms with Crippen LogP contribution >= 0.6 is 14.3 Å². The molecule has 0 amide bonds. The monoisotopic (exact) mass is 826 g/mol. The van der Waals surface area contributed by atoms with Crippen LogP contribution in [0.1, 0.15) is 13.8 Å². The van der Waals surface area contributed by atoms with Crippen molar-refractivity contribution in [3.63, 3.8) is 0 Å². The first kappa shape index (κ1) is 45.1. The zero-order valence-electron chi connectivity index (χ0n) is 30.4. The summed E-state index contributed by atoms with van der Waals surface area (Å²) in [6, 6.07) is 39.4. The maximum absolute atomic E-state index is 15.2. The van der Waals surface area contributed by atoms with Gasteiger partial charge in [0.05, 0.1) is 0 Å².